The topological polar surface area (TPSA) is 32.3 Å². The molecule has 0 aliphatic carbocycles. The fourth-order valence-corrected chi connectivity index (χ4v) is 3.80. The van der Waals surface area contributed by atoms with Crippen molar-refractivity contribution in [3.8, 4) is 0 Å². The van der Waals surface area contributed by atoms with Crippen LogP contribution in [0.1, 0.15) is 57.1 Å². The van der Waals surface area contributed by atoms with Gasteiger partial charge in [0.15, 0.2) is 0 Å². The summed E-state index contributed by atoms with van der Waals surface area (Å²) in [6.45, 7) is 9.30. The highest BCUT2D eigenvalue weighted by Crippen LogP contribution is 2.47. The quantitative estimate of drug-likeness (QED) is 0.925. The van der Waals surface area contributed by atoms with Crippen LogP contribution in [0.25, 0.3) is 0 Å². The van der Waals surface area contributed by atoms with Crippen LogP contribution in [0.4, 0.5) is 5.69 Å². The molecule has 1 fully saturated rings. The second kappa shape index (κ2) is 5.45. The van der Waals surface area contributed by atoms with Crippen molar-refractivity contribution < 1.29 is 4.79 Å². The Bertz CT molecular complexity index is 544. The molecule has 0 saturated carbocycles. The molecule has 1 amide bonds. The molecule has 2 heterocycles. The van der Waals surface area contributed by atoms with Crippen LogP contribution in [0.3, 0.4) is 0 Å². The van der Waals surface area contributed by atoms with E-state index in [0.717, 1.165) is 44.6 Å². The van der Waals surface area contributed by atoms with Gasteiger partial charge in [0, 0.05) is 12.2 Å². The zero-order chi connectivity index (χ0) is 15.0. The number of carbonyl (C=O) groups is 1. The maximum atomic E-state index is 13.1. The van der Waals surface area contributed by atoms with E-state index in [1.165, 1.54) is 11.1 Å². The second-order valence-electron chi connectivity index (χ2n) is 6.72. The molecule has 0 bridgehead atoms. The summed E-state index contributed by atoms with van der Waals surface area (Å²) < 4.78 is 0. The molecular formula is C18H26N2O. The van der Waals surface area contributed by atoms with Gasteiger partial charge in [-0.1, -0.05) is 32.9 Å². The Kier molecular flexibility index (Phi) is 3.78. The van der Waals surface area contributed by atoms with E-state index in [-0.39, 0.29) is 5.41 Å². The van der Waals surface area contributed by atoms with E-state index in [1.54, 1.807) is 0 Å². The number of benzene rings is 1. The van der Waals surface area contributed by atoms with E-state index >= 15 is 0 Å². The molecule has 1 saturated heterocycles. The lowest BCUT2D eigenvalue weighted by atomic mass is 9.73. The van der Waals surface area contributed by atoms with Crippen molar-refractivity contribution in [1.29, 1.82) is 0 Å². The van der Waals surface area contributed by atoms with Gasteiger partial charge in [-0.2, -0.15) is 0 Å². The van der Waals surface area contributed by atoms with Gasteiger partial charge in [-0.25, -0.2) is 0 Å². The van der Waals surface area contributed by atoms with Crippen LogP contribution >= 0.6 is 0 Å². The van der Waals surface area contributed by atoms with Gasteiger partial charge >= 0.3 is 0 Å². The molecule has 1 spiro atoms. The summed E-state index contributed by atoms with van der Waals surface area (Å²) in [7, 11) is 0. The molecule has 21 heavy (non-hydrogen) atoms. The highest BCUT2D eigenvalue weighted by atomic mass is 16.2. The first-order chi connectivity index (χ1) is 10.1. The molecule has 3 nitrogen and oxygen atoms in total. The average molecular weight is 286 g/mol. The molecule has 2 aliphatic rings. The first kappa shape index (κ1) is 14.6. The molecule has 3 rings (SSSR count). The van der Waals surface area contributed by atoms with Crippen molar-refractivity contribution in [2.24, 2.45) is 0 Å². The highest BCUT2D eigenvalue weighted by molar-refractivity contribution is 6.08. The van der Waals surface area contributed by atoms with E-state index in [2.05, 4.69) is 44.3 Å². The molecule has 0 aromatic heterocycles. The maximum absolute atomic E-state index is 13.1. The van der Waals surface area contributed by atoms with Gasteiger partial charge in [0.2, 0.25) is 5.91 Å². The molecule has 0 atom stereocenters. The molecular weight excluding hydrogens is 260 g/mol. The van der Waals surface area contributed by atoms with Crippen molar-refractivity contribution in [3.63, 3.8) is 0 Å². The molecule has 1 N–H and O–H groups in total. The number of rotatable bonds is 3. The fraction of sp³-hybridized carbons (Fsp3) is 0.611. The Hall–Kier alpha value is -1.35. The predicted molar refractivity (Wildman–Crippen MR) is 87.0 cm³/mol. The van der Waals surface area contributed by atoms with Gasteiger partial charge in [-0.3, -0.25) is 4.79 Å². The number of anilines is 1. The maximum Gasteiger partial charge on any atom is 0.237 e. The number of carbonyl (C=O) groups excluding carboxylic acids is 1. The summed E-state index contributed by atoms with van der Waals surface area (Å²) in [6, 6.07) is 6.67. The Morgan fingerprint density at radius 1 is 1.29 bits per heavy atom. The molecule has 2 aliphatic heterocycles. The van der Waals surface area contributed by atoms with Gasteiger partial charge in [0.25, 0.3) is 0 Å². The first-order valence-corrected chi connectivity index (χ1v) is 8.27. The van der Waals surface area contributed by atoms with Crippen LogP contribution in [-0.4, -0.2) is 25.5 Å². The Balaban J connectivity index is 2.11. The third kappa shape index (κ3) is 2.18. The fourth-order valence-electron chi connectivity index (χ4n) is 3.80. The lowest BCUT2D eigenvalue weighted by Gasteiger charge is -2.33. The number of piperidine rings is 1. The second-order valence-corrected chi connectivity index (χ2v) is 6.72. The number of fused-ring (bicyclic) bond motifs is 2. The van der Waals surface area contributed by atoms with Gasteiger partial charge in [0.05, 0.1) is 5.41 Å². The molecule has 1 aromatic rings. The first-order valence-electron chi connectivity index (χ1n) is 8.27. The van der Waals surface area contributed by atoms with Crippen molar-refractivity contribution >= 4 is 11.6 Å². The monoisotopic (exact) mass is 286 g/mol. The lowest BCUT2D eigenvalue weighted by molar-refractivity contribution is -0.124. The van der Waals surface area contributed by atoms with Gasteiger partial charge in [-0.05, 0) is 55.5 Å². The minimum Gasteiger partial charge on any atom is -0.317 e. The summed E-state index contributed by atoms with van der Waals surface area (Å²) in [5.41, 5.74) is 3.53. The van der Waals surface area contributed by atoms with Crippen LogP contribution in [0, 0.1) is 0 Å². The van der Waals surface area contributed by atoms with Crippen LogP contribution in [0.5, 0.6) is 0 Å². The van der Waals surface area contributed by atoms with Gasteiger partial charge in [-0.15, -0.1) is 0 Å². The van der Waals surface area contributed by atoms with E-state index in [4.69, 9.17) is 0 Å². The number of nitrogens with one attached hydrogen (secondary N) is 1. The Morgan fingerprint density at radius 3 is 2.62 bits per heavy atom. The molecule has 1 aromatic carbocycles. The predicted octanol–water partition coefficient (Wildman–Crippen LogP) is 3.19. The SMILES string of the molecule is CCCN1C(=O)C2(CCNCC2)c2cc(C(C)C)ccc21. The summed E-state index contributed by atoms with van der Waals surface area (Å²) >= 11 is 0. The zero-order valence-electron chi connectivity index (χ0n) is 13.4. The van der Waals surface area contributed by atoms with Crippen LogP contribution in [0.15, 0.2) is 18.2 Å². The standard InChI is InChI=1S/C18H26N2O/c1-4-11-20-16-6-5-14(13(2)3)12-15(16)18(17(20)21)7-9-19-10-8-18/h5-6,12-13,19H,4,7-11H2,1-3H3. The van der Waals surface area contributed by atoms with E-state index in [9.17, 15) is 4.79 Å². The molecule has 3 heteroatoms. The largest absolute Gasteiger partial charge is 0.317 e. The summed E-state index contributed by atoms with van der Waals surface area (Å²) in [5, 5.41) is 3.40. The van der Waals surface area contributed by atoms with E-state index in [1.807, 2.05) is 4.90 Å². The number of hydrogen-bond acceptors (Lipinski definition) is 2. The van der Waals surface area contributed by atoms with Crippen LogP contribution in [0.2, 0.25) is 0 Å². The zero-order valence-corrected chi connectivity index (χ0v) is 13.4. The van der Waals surface area contributed by atoms with Gasteiger partial charge in [0.1, 0.15) is 0 Å². The molecule has 0 unspecified atom stereocenters. The van der Waals surface area contributed by atoms with E-state index in [0.29, 0.717) is 11.8 Å². The average Bonchev–Trinajstić information content (AvgIpc) is 2.71. The van der Waals surface area contributed by atoms with Crippen LogP contribution < -0.4 is 10.2 Å². The normalized spacial score (nSPS) is 20.4. The highest BCUT2D eigenvalue weighted by Gasteiger charge is 2.50. The number of amides is 1. The third-order valence-corrected chi connectivity index (χ3v) is 5.05. The summed E-state index contributed by atoms with van der Waals surface area (Å²) in [6.07, 6.45) is 2.87. The van der Waals surface area contributed by atoms with Crippen molar-refractivity contribution in [2.45, 2.75) is 51.4 Å². The summed E-state index contributed by atoms with van der Waals surface area (Å²) in [5.74, 6) is 0.839. The van der Waals surface area contributed by atoms with Crippen molar-refractivity contribution in [1.82, 2.24) is 5.32 Å². The smallest absolute Gasteiger partial charge is 0.237 e. The van der Waals surface area contributed by atoms with E-state index < -0.39 is 0 Å². The number of nitrogens with zero attached hydrogens (tertiary/aromatic N) is 1. The third-order valence-electron chi connectivity index (χ3n) is 5.05. The molecule has 114 valence electrons. The molecule has 0 radical (unpaired) electrons. The minimum atomic E-state index is -0.263. The number of hydrogen-bond donors (Lipinski definition) is 1. The van der Waals surface area contributed by atoms with Crippen molar-refractivity contribution in [2.75, 3.05) is 24.5 Å². The summed E-state index contributed by atoms with van der Waals surface area (Å²) in [4.78, 5) is 15.1. The Morgan fingerprint density at radius 2 is 2.00 bits per heavy atom. The van der Waals surface area contributed by atoms with Gasteiger partial charge < -0.3 is 10.2 Å². The van der Waals surface area contributed by atoms with Crippen molar-refractivity contribution in [3.05, 3.63) is 29.3 Å². The van der Waals surface area contributed by atoms with Crippen LogP contribution in [-0.2, 0) is 10.2 Å². The Labute approximate surface area is 127 Å². The lowest BCUT2D eigenvalue weighted by Crippen LogP contribution is -2.47. The minimum absolute atomic E-state index is 0.263.